The summed E-state index contributed by atoms with van der Waals surface area (Å²) in [7, 11) is 0. The highest BCUT2D eigenvalue weighted by atomic mass is 16.5. The summed E-state index contributed by atoms with van der Waals surface area (Å²) in [6.45, 7) is 5.46. The van der Waals surface area contributed by atoms with Gasteiger partial charge in [0.2, 0.25) is 5.91 Å². The number of ether oxygens (including phenoxy) is 2. The van der Waals surface area contributed by atoms with E-state index in [2.05, 4.69) is 11.4 Å². The van der Waals surface area contributed by atoms with Crippen molar-refractivity contribution in [1.82, 2.24) is 5.32 Å². The summed E-state index contributed by atoms with van der Waals surface area (Å²) >= 11 is 0. The van der Waals surface area contributed by atoms with Crippen LogP contribution >= 0.6 is 0 Å². The minimum Gasteiger partial charge on any atom is -0.492 e. The third-order valence-corrected chi connectivity index (χ3v) is 3.53. The van der Waals surface area contributed by atoms with Crippen LogP contribution in [0.3, 0.4) is 0 Å². The fourth-order valence-electron chi connectivity index (χ4n) is 2.55. The first-order chi connectivity index (χ1) is 10.1. The lowest BCUT2D eigenvalue weighted by Gasteiger charge is -2.13. The van der Waals surface area contributed by atoms with E-state index in [0.717, 1.165) is 18.6 Å². The zero-order chi connectivity index (χ0) is 15.2. The Hall–Kier alpha value is -1.59. The number of benzene rings is 1. The van der Waals surface area contributed by atoms with Gasteiger partial charge in [-0.15, -0.1) is 0 Å². The van der Waals surface area contributed by atoms with Crippen LogP contribution in [0.15, 0.2) is 18.2 Å². The Morgan fingerprint density at radius 1 is 1.33 bits per heavy atom. The quantitative estimate of drug-likeness (QED) is 0.775. The van der Waals surface area contributed by atoms with Crippen molar-refractivity contribution in [2.24, 2.45) is 5.73 Å². The molecule has 1 aromatic rings. The maximum atomic E-state index is 11.9. The average molecular weight is 292 g/mol. The van der Waals surface area contributed by atoms with Gasteiger partial charge in [0, 0.05) is 6.54 Å². The zero-order valence-electron chi connectivity index (χ0n) is 12.7. The molecule has 0 unspecified atom stereocenters. The predicted octanol–water partition coefficient (Wildman–Crippen LogP) is 1.30. The molecule has 1 aliphatic heterocycles. The van der Waals surface area contributed by atoms with E-state index in [1.807, 2.05) is 26.0 Å². The lowest BCUT2D eigenvalue weighted by Crippen LogP contribution is -2.37. The van der Waals surface area contributed by atoms with E-state index in [9.17, 15) is 4.79 Å². The predicted molar refractivity (Wildman–Crippen MR) is 81.4 cm³/mol. The minimum atomic E-state index is -0.361. The maximum absolute atomic E-state index is 11.9. The molecule has 1 aliphatic rings. The zero-order valence-corrected chi connectivity index (χ0v) is 12.7. The largest absolute Gasteiger partial charge is 0.492 e. The van der Waals surface area contributed by atoms with Crippen LogP contribution in [0.1, 0.15) is 24.0 Å². The van der Waals surface area contributed by atoms with E-state index in [1.54, 1.807) is 0 Å². The second-order valence-electron chi connectivity index (χ2n) is 5.52. The monoisotopic (exact) mass is 292 g/mol. The summed E-state index contributed by atoms with van der Waals surface area (Å²) in [5.41, 5.74) is 7.87. The van der Waals surface area contributed by atoms with E-state index < -0.39 is 0 Å². The fourth-order valence-corrected chi connectivity index (χ4v) is 2.55. The highest BCUT2D eigenvalue weighted by Gasteiger charge is 2.29. The molecule has 0 aromatic heterocycles. The summed E-state index contributed by atoms with van der Waals surface area (Å²) in [5.74, 6) is 0.761. The number of hydrogen-bond donors (Lipinski definition) is 2. The lowest BCUT2D eigenvalue weighted by atomic mass is 10.1. The molecule has 2 rings (SSSR count). The summed E-state index contributed by atoms with van der Waals surface area (Å²) in [5, 5.41) is 2.84. The number of carbonyl (C=O) groups excluding carboxylic acids is 1. The van der Waals surface area contributed by atoms with Crippen LogP contribution in [0.4, 0.5) is 0 Å². The second kappa shape index (κ2) is 7.43. The molecule has 0 bridgehead atoms. The number of nitrogens with one attached hydrogen (secondary N) is 1. The number of aryl methyl sites for hydroxylation is 2. The van der Waals surface area contributed by atoms with Crippen LogP contribution in [-0.4, -0.2) is 37.8 Å². The van der Waals surface area contributed by atoms with E-state index >= 15 is 0 Å². The normalized spacial score (nSPS) is 21.3. The molecule has 1 amide bonds. The van der Waals surface area contributed by atoms with E-state index in [4.69, 9.17) is 15.2 Å². The molecule has 0 aliphatic carbocycles. The standard InChI is InChI=1S/C16H24N2O3/c1-11-7-12(2)9-14(8-11)20-6-5-18-16(19)15-4-3-13(10-17)21-15/h7-9,13,15H,3-6,10,17H2,1-2H3,(H,18,19)/t13-,15+/m1/s1. The summed E-state index contributed by atoms with van der Waals surface area (Å²) in [4.78, 5) is 11.9. The van der Waals surface area contributed by atoms with Crippen molar-refractivity contribution in [2.45, 2.75) is 38.9 Å². The van der Waals surface area contributed by atoms with Gasteiger partial charge in [-0.05, 0) is 49.9 Å². The molecule has 5 nitrogen and oxygen atoms in total. The summed E-state index contributed by atoms with van der Waals surface area (Å²) in [6.07, 6.45) is 1.26. The summed E-state index contributed by atoms with van der Waals surface area (Å²) in [6, 6.07) is 6.07. The topological polar surface area (TPSA) is 73.6 Å². The maximum Gasteiger partial charge on any atom is 0.249 e. The van der Waals surface area contributed by atoms with Crippen molar-refractivity contribution in [3.8, 4) is 5.75 Å². The Labute approximate surface area is 125 Å². The first-order valence-electron chi connectivity index (χ1n) is 7.43. The Kier molecular flexibility index (Phi) is 5.59. The number of amides is 1. The molecular weight excluding hydrogens is 268 g/mol. The smallest absolute Gasteiger partial charge is 0.249 e. The Morgan fingerprint density at radius 3 is 2.67 bits per heavy atom. The highest BCUT2D eigenvalue weighted by Crippen LogP contribution is 2.19. The molecule has 5 heteroatoms. The van der Waals surface area contributed by atoms with E-state index in [1.165, 1.54) is 11.1 Å². The van der Waals surface area contributed by atoms with Crippen molar-refractivity contribution in [3.63, 3.8) is 0 Å². The molecule has 1 aromatic carbocycles. The van der Waals surface area contributed by atoms with Gasteiger partial charge in [-0.25, -0.2) is 0 Å². The molecule has 0 spiro atoms. The molecule has 1 heterocycles. The Bertz CT molecular complexity index is 470. The number of nitrogens with two attached hydrogens (primary N) is 1. The van der Waals surface area contributed by atoms with Gasteiger partial charge in [0.1, 0.15) is 18.5 Å². The van der Waals surface area contributed by atoms with Gasteiger partial charge in [-0.1, -0.05) is 6.07 Å². The number of hydrogen-bond acceptors (Lipinski definition) is 4. The fraction of sp³-hybridized carbons (Fsp3) is 0.562. The molecule has 1 fully saturated rings. The SMILES string of the molecule is Cc1cc(C)cc(OCCNC(=O)[C@@H]2CC[C@H](CN)O2)c1. The highest BCUT2D eigenvalue weighted by molar-refractivity contribution is 5.81. The van der Waals surface area contributed by atoms with Gasteiger partial charge >= 0.3 is 0 Å². The van der Waals surface area contributed by atoms with Crippen molar-refractivity contribution in [2.75, 3.05) is 19.7 Å². The van der Waals surface area contributed by atoms with Crippen LogP contribution in [0.2, 0.25) is 0 Å². The first-order valence-corrected chi connectivity index (χ1v) is 7.43. The van der Waals surface area contributed by atoms with Crippen LogP contribution in [0.25, 0.3) is 0 Å². The van der Waals surface area contributed by atoms with Gasteiger partial charge in [-0.3, -0.25) is 4.79 Å². The minimum absolute atomic E-state index is 0.0206. The van der Waals surface area contributed by atoms with Crippen LogP contribution in [-0.2, 0) is 9.53 Å². The van der Waals surface area contributed by atoms with Gasteiger partial charge in [0.05, 0.1) is 12.6 Å². The van der Waals surface area contributed by atoms with Crippen LogP contribution in [0.5, 0.6) is 5.75 Å². The lowest BCUT2D eigenvalue weighted by molar-refractivity contribution is -0.131. The molecule has 0 radical (unpaired) electrons. The van der Waals surface area contributed by atoms with Gasteiger partial charge in [0.25, 0.3) is 0 Å². The van der Waals surface area contributed by atoms with Crippen LogP contribution in [0, 0.1) is 13.8 Å². The Balaban J connectivity index is 1.68. The van der Waals surface area contributed by atoms with Crippen molar-refractivity contribution < 1.29 is 14.3 Å². The first kappa shape index (κ1) is 15.8. The third kappa shape index (κ3) is 4.72. The van der Waals surface area contributed by atoms with Gasteiger partial charge in [-0.2, -0.15) is 0 Å². The average Bonchev–Trinajstić information content (AvgIpc) is 2.91. The van der Waals surface area contributed by atoms with E-state index in [-0.39, 0.29) is 18.1 Å². The van der Waals surface area contributed by atoms with Gasteiger partial charge in [0.15, 0.2) is 0 Å². The van der Waals surface area contributed by atoms with Gasteiger partial charge < -0.3 is 20.5 Å². The van der Waals surface area contributed by atoms with Crippen molar-refractivity contribution in [3.05, 3.63) is 29.3 Å². The molecule has 1 saturated heterocycles. The molecule has 0 saturated carbocycles. The van der Waals surface area contributed by atoms with Crippen LogP contribution < -0.4 is 15.8 Å². The Morgan fingerprint density at radius 2 is 2.05 bits per heavy atom. The second-order valence-corrected chi connectivity index (χ2v) is 5.52. The van der Waals surface area contributed by atoms with Crippen molar-refractivity contribution >= 4 is 5.91 Å². The van der Waals surface area contributed by atoms with E-state index in [0.29, 0.717) is 19.7 Å². The third-order valence-electron chi connectivity index (χ3n) is 3.53. The molecule has 21 heavy (non-hydrogen) atoms. The number of rotatable bonds is 6. The molecule has 116 valence electrons. The molecule has 2 atom stereocenters. The summed E-state index contributed by atoms with van der Waals surface area (Å²) < 4.78 is 11.2. The number of carbonyl (C=O) groups is 1. The van der Waals surface area contributed by atoms with Crippen molar-refractivity contribution in [1.29, 1.82) is 0 Å². The molecular formula is C16H24N2O3. The molecule has 3 N–H and O–H groups in total.